The molecule has 0 fully saturated rings. The monoisotopic (exact) mass is 294 g/mol. The van der Waals surface area contributed by atoms with E-state index in [-0.39, 0.29) is 11.3 Å². The predicted octanol–water partition coefficient (Wildman–Crippen LogP) is 2.17. The lowest BCUT2D eigenvalue weighted by Crippen LogP contribution is -2.05. The summed E-state index contributed by atoms with van der Waals surface area (Å²) in [5.41, 5.74) is 0.113. The van der Waals surface area contributed by atoms with Crippen molar-refractivity contribution in [2.75, 3.05) is 17.8 Å². The largest absolute Gasteiger partial charge is 0.478 e. The van der Waals surface area contributed by atoms with Crippen molar-refractivity contribution in [1.82, 2.24) is 0 Å². The van der Waals surface area contributed by atoms with Gasteiger partial charge in [-0.1, -0.05) is 11.6 Å². The molecule has 0 amide bonds. The fourth-order valence-electron chi connectivity index (χ4n) is 1.05. The molecule has 0 aliphatic heterocycles. The van der Waals surface area contributed by atoms with Gasteiger partial charge in [0.15, 0.2) is 0 Å². The zero-order chi connectivity index (χ0) is 13.1. The maximum atomic E-state index is 10.9. The van der Waals surface area contributed by atoms with Crippen LogP contribution in [-0.4, -0.2) is 37.3 Å². The summed E-state index contributed by atoms with van der Waals surface area (Å²) in [6.45, 7) is 0. The molecule has 1 aromatic rings. The number of carboxylic acid groups (broad SMARTS) is 1. The van der Waals surface area contributed by atoms with Crippen LogP contribution in [0.3, 0.4) is 0 Å². The molecule has 0 saturated carbocycles. The highest BCUT2D eigenvalue weighted by Gasteiger charge is 2.08. The van der Waals surface area contributed by atoms with Crippen molar-refractivity contribution >= 4 is 39.2 Å². The molecule has 0 spiro atoms. The van der Waals surface area contributed by atoms with Gasteiger partial charge in [-0.25, -0.2) is 13.2 Å². The Morgan fingerprint density at radius 2 is 2.12 bits per heavy atom. The van der Waals surface area contributed by atoms with Gasteiger partial charge in [-0.3, -0.25) is 0 Å². The van der Waals surface area contributed by atoms with Crippen LogP contribution in [0.1, 0.15) is 10.4 Å². The summed E-state index contributed by atoms with van der Waals surface area (Å²) < 4.78 is 21.9. The summed E-state index contributed by atoms with van der Waals surface area (Å²) in [6, 6.07) is 4.38. The summed E-state index contributed by atoms with van der Waals surface area (Å²) in [5, 5.41) is 9.06. The number of carboxylic acids is 1. The average Bonchev–Trinajstić information content (AvgIpc) is 2.18. The van der Waals surface area contributed by atoms with E-state index in [0.717, 1.165) is 0 Å². The molecule has 0 radical (unpaired) electrons. The van der Waals surface area contributed by atoms with Crippen molar-refractivity contribution in [1.29, 1.82) is 0 Å². The SMILES string of the molecule is CS(=O)(=O)CCSc1ccc(C(=O)O)cc1Cl. The molecule has 7 heteroatoms. The molecule has 4 nitrogen and oxygen atoms in total. The van der Waals surface area contributed by atoms with Crippen LogP contribution in [0.4, 0.5) is 0 Å². The van der Waals surface area contributed by atoms with Gasteiger partial charge in [-0.15, -0.1) is 11.8 Å². The van der Waals surface area contributed by atoms with Crippen LogP contribution < -0.4 is 0 Å². The van der Waals surface area contributed by atoms with Crippen LogP contribution in [0.15, 0.2) is 23.1 Å². The highest BCUT2D eigenvalue weighted by molar-refractivity contribution is 8.00. The quantitative estimate of drug-likeness (QED) is 0.843. The number of halogens is 1. The summed E-state index contributed by atoms with van der Waals surface area (Å²) in [7, 11) is -2.99. The van der Waals surface area contributed by atoms with Gasteiger partial charge in [0.25, 0.3) is 0 Å². The number of thioether (sulfide) groups is 1. The number of benzene rings is 1. The summed E-state index contributed by atoms with van der Waals surface area (Å²) >= 11 is 7.18. The first kappa shape index (κ1) is 14.3. The van der Waals surface area contributed by atoms with Gasteiger partial charge >= 0.3 is 5.97 Å². The number of hydrogen-bond donors (Lipinski definition) is 1. The lowest BCUT2D eigenvalue weighted by molar-refractivity contribution is 0.0697. The zero-order valence-electron chi connectivity index (χ0n) is 9.01. The van der Waals surface area contributed by atoms with Crippen LogP contribution in [0, 0.1) is 0 Å². The first-order valence-electron chi connectivity index (χ1n) is 4.63. The second kappa shape index (κ2) is 5.75. The highest BCUT2D eigenvalue weighted by Crippen LogP contribution is 2.28. The Labute approximate surface area is 109 Å². The van der Waals surface area contributed by atoms with Crippen molar-refractivity contribution < 1.29 is 18.3 Å². The Bertz CT molecular complexity index is 525. The molecular weight excluding hydrogens is 284 g/mol. The van der Waals surface area contributed by atoms with E-state index in [1.807, 2.05) is 0 Å². The Hall–Kier alpha value is -0.720. The third kappa shape index (κ3) is 4.97. The van der Waals surface area contributed by atoms with Crippen LogP contribution in [0.25, 0.3) is 0 Å². The molecule has 94 valence electrons. The van der Waals surface area contributed by atoms with E-state index in [2.05, 4.69) is 0 Å². The molecule has 17 heavy (non-hydrogen) atoms. The molecule has 0 heterocycles. The Morgan fingerprint density at radius 3 is 2.59 bits per heavy atom. The normalized spacial score (nSPS) is 11.4. The fraction of sp³-hybridized carbons (Fsp3) is 0.300. The number of rotatable bonds is 5. The van der Waals surface area contributed by atoms with Crippen LogP contribution >= 0.6 is 23.4 Å². The van der Waals surface area contributed by atoms with Gasteiger partial charge in [0, 0.05) is 16.9 Å². The molecular formula is C10H11ClO4S2. The van der Waals surface area contributed by atoms with E-state index in [9.17, 15) is 13.2 Å². The standard InChI is InChI=1S/C10H11ClO4S2/c1-17(14,15)5-4-16-9-3-2-7(10(12)13)6-8(9)11/h2-3,6H,4-5H2,1H3,(H,12,13). The van der Waals surface area contributed by atoms with Gasteiger partial charge in [-0.05, 0) is 18.2 Å². The van der Waals surface area contributed by atoms with Gasteiger partial charge in [-0.2, -0.15) is 0 Å². The third-order valence-corrected chi connectivity index (χ3v) is 4.59. The predicted molar refractivity (Wildman–Crippen MR) is 68.8 cm³/mol. The Kier molecular flexibility index (Phi) is 4.85. The van der Waals surface area contributed by atoms with E-state index >= 15 is 0 Å². The maximum absolute atomic E-state index is 10.9. The van der Waals surface area contributed by atoms with E-state index in [4.69, 9.17) is 16.7 Å². The van der Waals surface area contributed by atoms with Gasteiger partial charge in [0.05, 0.1) is 16.3 Å². The fourth-order valence-corrected chi connectivity index (χ4v) is 3.52. The third-order valence-electron chi connectivity index (χ3n) is 1.89. The summed E-state index contributed by atoms with van der Waals surface area (Å²) in [5.74, 6) is -0.584. The summed E-state index contributed by atoms with van der Waals surface area (Å²) in [6.07, 6.45) is 1.17. The van der Waals surface area contributed by atoms with Gasteiger partial charge in [0.1, 0.15) is 9.84 Å². The van der Waals surface area contributed by atoms with E-state index in [1.165, 1.54) is 30.2 Å². The van der Waals surface area contributed by atoms with Gasteiger partial charge < -0.3 is 5.11 Å². The molecule has 1 rings (SSSR count). The minimum Gasteiger partial charge on any atom is -0.478 e. The van der Waals surface area contributed by atoms with E-state index < -0.39 is 15.8 Å². The van der Waals surface area contributed by atoms with Crippen molar-refractivity contribution in [3.63, 3.8) is 0 Å². The highest BCUT2D eigenvalue weighted by atomic mass is 35.5. The second-order valence-corrected chi connectivity index (χ2v) is 7.23. The molecule has 0 bridgehead atoms. The first-order chi connectivity index (χ1) is 7.79. The molecule has 0 unspecified atom stereocenters. The lowest BCUT2D eigenvalue weighted by atomic mass is 10.2. The number of sulfone groups is 1. The number of carbonyl (C=O) groups is 1. The Morgan fingerprint density at radius 1 is 1.47 bits per heavy atom. The second-order valence-electron chi connectivity index (χ2n) is 3.43. The van der Waals surface area contributed by atoms with Crippen molar-refractivity contribution in [2.24, 2.45) is 0 Å². The van der Waals surface area contributed by atoms with Crippen molar-refractivity contribution in [2.45, 2.75) is 4.90 Å². The van der Waals surface area contributed by atoms with Crippen molar-refractivity contribution in [3.8, 4) is 0 Å². The lowest BCUT2D eigenvalue weighted by Gasteiger charge is -2.04. The minimum absolute atomic E-state index is 0.0642. The number of aromatic carboxylic acids is 1. The molecule has 0 aliphatic rings. The minimum atomic E-state index is -2.99. The van der Waals surface area contributed by atoms with E-state index in [0.29, 0.717) is 15.7 Å². The molecule has 0 atom stereocenters. The first-order valence-corrected chi connectivity index (χ1v) is 8.05. The van der Waals surface area contributed by atoms with Crippen LogP contribution in [0.5, 0.6) is 0 Å². The zero-order valence-corrected chi connectivity index (χ0v) is 11.4. The summed E-state index contributed by atoms with van der Waals surface area (Å²) in [4.78, 5) is 11.3. The molecule has 1 aromatic carbocycles. The molecule has 0 aromatic heterocycles. The van der Waals surface area contributed by atoms with Gasteiger partial charge in [0.2, 0.25) is 0 Å². The van der Waals surface area contributed by atoms with Crippen LogP contribution in [-0.2, 0) is 9.84 Å². The van der Waals surface area contributed by atoms with E-state index in [1.54, 1.807) is 6.07 Å². The van der Waals surface area contributed by atoms with Crippen LogP contribution in [0.2, 0.25) is 5.02 Å². The maximum Gasteiger partial charge on any atom is 0.335 e. The van der Waals surface area contributed by atoms with Crippen molar-refractivity contribution in [3.05, 3.63) is 28.8 Å². The average molecular weight is 295 g/mol. The number of hydrogen-bond acceptors (Lipinski definition) is 4. The molecule has 0 saturated heterocycles. The molecule has 1 N–H and O–H groups in total. The smallest absolute Gasteiger partial charge is 0.335 e. The Balaban J connectivity index is 2.70. The molecule has 0 aliphatic carbocycles. The topological polar surface area (TPSA) is 71.4 Å².